The van der Waals surface area contributed by atoms with E-state index >= 15 is 0 Å². The van der Waals surface area contributed by atoms with E-state index in [1.807, 2.05) is 30.3 Å². The summed E-state index contributed by atoms with van der Waals surface area (Å²) < 4.78 is 13.5. The number of aliphatic imine (C=N–C) groups is 1. The van der Waals surface area contributed by atoms with Crippen LogP contribution in [0.5, 0.6) is 6.01 Å². The van der Waals surface area contributed by atoms with Crippen molar-refractivity contribution in [3.63, 3.8) is 0 Å². The minimum Gasteiger partial charge on any atom is -0.369 e. The molecule has 0 unspecified atom stereocenters. The lowest BCUT2D eigenvalue weighted by Gasteiger charge is -2.03. The zero-order chi connectivity index (χ0) is 15.9. The second-order valence-electron chi connectivity index (χ2n) is 4.67. The molecule has 0 saturated carbocycles. The summed E-state index contributed by atoms with van der Waals surface area (Å²) in [6.07, 6.45) is 2.44. The molecule has 7 heteroatoms. The Hall–Kier alpha value is -2.83. The van der Waals surface area contributed by atoms with Crippen LogP contribution in [-0.4, -0.2) is 41.0 Å². The van der Waals surface area contributed by atoms with Gasteiger partial charge in [0.15, 0.2) is 11.6 Å². The molecule has 0 spiro atoms. The highest BCUT2D eigenvalue weighted by molar-refractivity contribution is 5.98. The molecule has 6 nitrogen and oxygen atoms in total. The number of hydrogen-bond acceptors (Lipinski definition) is 5. The van der Waals surface area contributed by atoms with Gasteiger partial charge in [-0.05, 0) is 12.5 Å². The molecule has 0 amide bonds. The largest absolute Gasteiger partial charge is 0.369 e. The maximum Gasteiger partial charge on any atom is 0.347 e. The van der Waals surface area contributed by atoms with E-state index in [2.05, 4.69) is 20.1 Å². The lowest BCUT2D eigenvalue weighted by atomic mass is 10.1. The van der Waals surface area contributed by atoms with Crippen molar-refractivity contribution >= 4 is 17.9 Å². The van der Waals surface area contributed by atoms with Crippen molar-refractivity contribution in [3.05, 3.63) is 47.9 Å². The number of aromatic nitrogens is 2. The molecule has 0 atom stereocenters. The Labute approximate surface area is 128 Å². The Balaban J connectivity index is 2.15. The molecule has 1 aromatic heterocycles. The van der Waals surface area contributed by atoms with Crippen molar-refractivity contribution in [2.24, 2.45) is 10.1 Å². The Morgan fingerprint density at radius 2 is 2.00 bits per heavy atom. The van der Waals surface area contributed by atoms with Gasteiger partial charge in [-0.1, -0.05) is 35.5 Å². The van der Waals surface area contributed by atoms with E-state index in [1.165, 1.54) is 6.34 Å². The summed E-state index contributed by atoms with van der Waals surface area (Å²) in [6, 6.07) is 9.45. The van der Waals surface area contributed by atoms with Gasteiger partial charge in [-0.15, -0.1) is 0 Å². The molecule has 114 valence electrons. The zero-order valence-electron chi connectivity index (χ0n) is 12.6. The Morgan fingerprint density at radius 1 is 1.27 bits per heavy atom. The van der Waals surface area contributed by atoms with E-state index < -0.39 is 5.82 Å². The molecule has 2 aromatic rings. The number of nitrogens with zero attached hydrogens (tertiary/aromatic N) is 5. The van der Waals surface area contributed by atoms with Crippen LogP contribution in [-0.2, 0) is 0 Å². The molecule has 0 aliphatic carbocycles. The van der Waals surface area contributed by atoms with Crippen LogP contribution in [0.15, 0.2) is 46.7 Å². The Kier molecular flexibility index (Phi) is 5.13. The molecule has 0 radical (unpaired) electrons. The monoisotopic (exact) mass is 301 g/mol. The van der Waals surface area contributed by atoms with Crippen LogP contribution in [0.3, 0.4) is 0 Å². The normalized spacial score (nSPS) is 11.7. The number of oxime groups is 1. The van der Waals surface area contributed by atoms with Gasteiger partial charge in [0.25, 0.3) is 0 Å². The van der Waals surface area contributed by atoms with E-state index in [4.69, 9.17) is 4.84 Å². The molecule has 0 fully saturated rings. The Bertz CT molecular complexity index is 686. The fraction of sp³-hybridized carbons (Fsp3) is 0.200. The molecular formula is C15H16FN5O. The summed E-state index contributed by atoms with van der Waals surface area (Å²) in [5.41, 5.74) is 1.57. The van der Waals surface area contributed by atoms with Crippen LogP contribution in [0.1, 0.15) is 12.5 Å². The molecule has 1 heterocycles. The first-order chi connectivity index (χ1) is 10.6. The topological polar surface area (TPSA) is 63.0 Å². The molecule has 0 aliphatic rings. The van der Waals surface area contributed by atoms with Crippen LogP contribution in [0.25, 0.3) is 0 Å². The number of benzene rings is 1. The summed E-state index contributed by atoms with van der Waals surface area (Å²) in [6.45, 7) is 1.80. The first-order valence-corrected chi connectivity index (χ1v) is 6.56. The highest BCUT2D eigenvalue weighted by Gasteiger charge is 2.07. The third-order valence-electron chi connectivity index (χ3n) is 2.57. The van der Waals surface area contributed by atoms with Gasteiger partial charge in [0.05, 0.1) is 18.2 Å². The fourth-order valence-corrected chi connectivity index (χ4v) is 1.49. The second kappa shape index (κ2) is 7.26. The predicted molar refractivity (Wildman–Crippen MR) is 83.1 cm³/mol. The van der Waals surface area contributed by atoms with E-state index in [0.717, 1.165) is 11.8 Å². The standard InChI is InChI=1S/C15H16FN5O/c1-11(12-7-5-4-6-8-12)20-22-15-17-9-13(16)14(19-15)18-10-21(2)3/h4-10H,1-3H3/b18-10+,20-11+. The van der Waals surface area contributed by atoms with E-state index in [-0.39, 0.29) is 11.8 Å². The third-order valence-corrected chi connectivity index (χ3v) is 2.57. The fourth-order valence-electron chi connectivity index (χ4n) is 1.49. The first kappa shape index (κ1) is 15.6. The van der Waals surface area contributed by atoms with Crippen molar-refractivity contribution in [1.82, 2.24) is 14.9 Å². The van der Waals surface area contributed by atoms with Gasteiger partial charge in [-0.2, -0.15) is 9.97 Å². The SMILES string of the molecule is C/C(=N\Oc1ncc(F)c(/N=C/N(C)C)n1)c1ccccc1. The average molecular weight is 301 g/mol. The molecule has 0 aliphatic heterocycles. The van der Waals surface area contributed by atoms with Gasteiger partial charge in [-0.3, -0.25) is 0 Å². The van der Waals surface area contributed by atoms with Gasteiger partial charge < -0.3 is 9.74 Å². The van der Waals surface area contributed by atoms with Gasteiger partial charge in [0.1, 0.15) is 0 Å². The summed E-state index contributed by atoms with van der Waals surface area (Å²) in [7, 11) is 3.54. The molecule has 0 bridgehead atoms. The minimum absolute atomic E-state index is 0.0670. The smallest absolute Gasteiger partial charge is 0.347 e. The summed E-state index contributed by atoms with van der Waals surface area (Å²) in [4.78, 5) is 18.3. The van der Waals surface area contributed by atoms with Gasteiger partial charge in [0, 0.05) is 14.1 Å². The maximum atomic E-state index is 13.5. The third kappa shape index (κ3) is 4.34. The Morgan fingerprint density at radius 3 is 2.68 bits per heavy atom. The lowest BCUT2D eigenvalue weighted by Crippen LogP contribution is -2.07. The molecule has 22 heavy (non-hydrogen) atoms. The van der Waals surface area contributed by atoms with Crippen LogP contribution in [0.2, 0.25) is 0 Å². The van der Waals surface area contributed by atoms with Gasteiger partial charge in [-0.25, -0.2) is 9.38 Å². The molecule has 0 saturated heterocycles. The molecule has 0 N–H and O–H groups in total. The number of halogens is 1. The van der Waals surface area contributed by atoms with Crippen molar-refractivity contribution in [1.29, 1.82) is 0 Å². The number of hydrogen-bond donors (Lipinski definition) is 0. The van der Waals surface area contributed by atoms with Crippen molar-refractivity contribution in [2.75, 3.05) is 14.1 Å². The zero-order valence-corrected chi connectivity index (χ0v) is 12.6. The molecule has 1 aromatic carbocycles. The highest BCUT2D eigenvalue weighted by atomic mass is 19.1. The second-order valence-corrected chi connectivity index (χ2v) is 4.67. The van der Waals surface area contributed by atoms with Crippen molar-refractivity contribution in [3.8, 4) is 6.01 Å². The number of rotatable bonds is 5. The minimum atomic E-state index is -0.630. The molecule has 2 rings (SSSR count). The van der Waals surface area contributed by atoms with Crippen LogP contribution in [0, 0.1) is 5.82 Å². The van der Waals surface area contributed by atoms with Crippen molar-refractivity contribution < 1.29 is 9.23 Å². The van der Waals surface area contributed by atoms with Crippen LogP contribution in [0.4, 0.5) is 10.2 Å². The highest BCUT2D eigenvalue weighted by Crippen LogP contribution is 2.16. The van der Waals surface area contributed by atoms with Gasteiger partial charge in [0.2, 0.25) is 0 Å². The van der Waals surface area contributed by atoms with E-state index in [9.17, 15) is 4.39 Å². The lowest BCUT2D eigenvalue weighted by molar-refractivity contribution is 0.311. The summed E-state index contributed by atoms with van der Waals surface area (Å²) >= 11 is 0. The summed E-state index contributed by atoms with van der Waals surface area (Å²) in [5.74, 6) is -0.736. The van der Waals surface area contributed by atoms with E-state index in [1.54, 1.807) is 25.9 Å². The first-order valence-electron chi connectivity index (χ1n) is 6.56. The van der Waals surface area contributed by atoms with E-state index in [0.29, 0.717) is 5.71 Å². The van der Waals surface area contributed by atoms with Gasteiger partial charge >= 0.3 is 6.01 Å². The predicted octanol–water partition coefficient (Wildman–Crippen LogP) is 2.64. The average Bonchev–Trinajstić information content (AvgIpc) is 2.53. The summed E-state index contributed by atoms with van der Waals surface area (Å²) in [5, 5.41) is 3.94. The quantitative estimate of drug-likeness (QED) is 0.484. The van der Waals surface area contributed by atoms with Crippen LogP contribution < -0.4 is 4.84 Å². The van der Waals surface area contributed by atoms with Crippen LogP contribution >= 0.6 is 0 Å². The molecular weight excluding hydrogens is 285 g/mol. The van der Waals surface area contributed by atoms with Crippen molar-refractivity contribution in [2.45, 2.75) is 6.92 Å². The maximum absolute atomic E-state index is 13.5.